The number of ether oxygens (including phenoxy) is 1. The molecule has 0 saturated carbocycles. The quantitative estimate of drug-likeness (QED) is 0.900. The number of hydrogen-bond acceptors (Lipinski definition) is 4. The Hall–Kier alpha value is -2.30. The van der Waals surface area contributed by atoms with Gasteiger partial charge in [0.2, 0.25) is 0 Å². The number of benzene rings is 1. The Morgan fingerprint density at radius 3 is 2.89 bits per heavy atom. The maximum absolute atomic E-state index is 11.1. The number of rotatable bonds is 4. The van der Waals surface area contributed by atoms with Gasteiger partial charge in [-0.3, -0.25) is 0 Å². The summed E-state index contributed by atoms with van der Waals surface area (Å²) in [6, 6.07) is 11.5. The molecule has 1 aromatic heterocycles. The lowest BCUT2D eigenvalue weighted by Gasteiger charge is -2.01. The molecule has 2 rings (SSSR count). The summed E-state index contributed by atoms with van der Waals surface area (Å²) in [6.07, 6.45) is -0.463. The van der Waals surface area contributed by atoms with Gasteiger partial charge in [-0.2, -0.15) is 0 Å². The third kappa shape index (κ3) is 3.10. The minimum Gasteiger partial charge on any atom is -0.450 e. The number of carbonyl (C=O) groups excluding carboxylic acids is 1. The summed E-state index contributed by atoms with van der Waals surface area (Å²) < 4.78 is 9.87. The lowest BCUT2D eigenvalue weighted by Crippen LogP contribution is -2.23. The molecule has 0 fully saturated rings. The largest absolute Gasteiger partial charge is 0.450 e. The molecular formula is C13H14N2O3. The number of carbonyl (C=O) groups is 1. The van der Waals surface area contributed by atoms with Crippen LogP contribution in [0.5, 0.6) is 0 Å². The van der Waals surface area contributed by atoms with Crippen molar-refractivity contribution in [1.29, 1.82) is 0 Å². The number of nitrogens with zero attached hydrogens (tertiary/aromatic N) is 1. The van der Waals surface area contributed by atoms with Crippen LogP contribution in [0.1, 0.15) is 12.7 Å². The van der Waals surface area contributed by atoms with Crippen LogP contribution in [0.3, 0.4) is 0 Å². The van der Waals surface area contributed by atoms with Crippen LogP contribution in [0.2, 0.25) is 0 Å². The van der Waals surface area contributed by atoms with Crippen LogP contribution >= 0.6 is 0 Å². The highest BCUT2D eigenvalue weighted by Crippen LogP contribution is 2.18. The molecule has 0 atom stereocenters. The fourth-order valence-electron chi connectivity index (χ4n) is 1.48. The van der Waals surface area contributed by atoms with Gasteiger partial charge in [0.05, 0.1) is 13.2 Å². The third-order valence-electron chi connectivity index (χ3n) is 2.31. The van der Waals surface area contributed by atoms with Crippen molar-refractivity contribution in [3.05, 3.63) is 42.2 Å². The van der Waals surface area contributed by atoms with Crippen LogP contribution in [0, 0.1) is 0 Å². The molecule has 5 nitrogen and oxygen atoms in total. The molecule has 0 unspecified atom stereocenters. The molecule has 1 N–H and O–H groups in total. The minimum absolute atomic E-state index is 0.263. The molecule has 0 spiro atoms. The van der Waals surface area contributed by atoms with Crippen molar-refractivity contribution < 1.29 is 14.1 Å². The smallest absolute Gasteiger partial charge is 0.407 e. The Morgan fingerprint density at radius 1 is 1.39 bits per heavy atom. The molecule has 0 saturated heterocycles. The highest BCUT2D eigenvalue weighted by molar-refractivity contribution is 5.67. The molecule has 1 heterocycles. The van der Waals surface area contributed by atoms with E-state index < -0.39 is 6.09 Å². The zero-order valence-corrected chi connectivity index (χ0v) is 10.1. The van der Waals surface area contributed by atoms with Gasteiger partial charge < -0.3 is 14.6 Å². The SMILES string of the molecule is CCOC(=O)NCc1cc(-c2ccccc2)no1. The molecule has 18 heavy (non-hydrogen) atoms. The second-order valence-electron chi connectivity index (χ2n) is 3.62. The Bertz CT molecular complexity index is 508. The summed E-state index contributed by atoms with van der Waals surface area (Å²) in [6.45, 7) is 2.36. The molecule has 0 radical (unpaired) electrons. The van der Waals surface area contributed by atoms with Crippen molar-refractivity contribution >= 4 is 6.09 Å². The first-order valence-electron chi connectivity index (χ1n) is 5.71. The van der Waals surface area contributed by atoms with E-state index in [1.165, 1.54) is 0 Å². The van der Waals surface area contributed by atoms with Crippen LogP contribution in [-0.4, -0.2) is 17.9 Å². The normalized spacial score (nSPS) is 10.1. The Balaban J connectivity index is 1.97. The molecule has 2 aromatic rings. The van der Waals surface area contributed by atoms with E-state index >= 15 is 0 Å². The zero-order chi connectivity index (χ0) is 12.8. The van der Waals surface area contributed by atoms with Gasteiger partial charge in [0.1, 0.15) is 5.69 Å². The average Bonchev–Trinajstić information content (AvgIpc) is 2.87. The first-order valence-corrected chi connectivity index (χ1v) is 5.71. The van der Waals surface area contributed by atoms with Crippen molar-refractivity contribution in [2.45, 2.75) is 13.5 Å². The summed E-state index contributed by atoms with van der Waals surface area (Å²) in [7, 11) is 0. The predicted octanol–water partition coefficient (Wildman–Crippen LogP) is 2.59. The van der Waals surface area contributed by atoms with E-state index in [4.69, 9.17) is 9.26 Å². The molecule has 1 aromatic carbocycles. The minimum atomic E-state index is -0.463. The van der Waals surface area contributed by atoms with Crippen molar-refractivity contribution in [2.75, 3.05) is 6.61 Å². The summed E-state index contributed by atoms with van der Waals surface area (Å²) in [4.78, 5) is 11.1. The van der Waals surface area contributed by atoms with E-state index in [1.54, 1.807) is 13.0 Å². The van der Waals surface area contributed by atoms with Gasteiger partial charge in [-0.15, -0.1) is 0 Å². The summed E-state index contributed by atoms with van der Waals surface area (Å²) in [5.41, 5.74) is 1.72. The van der Waals surface area contributed by atoms with Gasteiger partial charge in [-0.05, 0) is 6.92 Å². The molecular weight excluding hydrogens is 232 g/mol. The standard InChI is InChI=1S/C13H14N2O3/c1-2-17-13(16)14-9-11-8-12(15-18-11)10-6-4-3-5-7-10/h3-8H,2,9H2,1H3,(H,14,16). The van der Waals surface area contributed by atoms with Crippen LogP contribution in [0.25, 0.3) is 11.3 Å². The maximum Gasteiger partial charge on any atom is 0.407 e. The fourth-order valence-corrected chi connectivity index (χ4v) is 1.48. The number of alkyl carbamates (subject to hydrolysis) is 1. The lowest BCUT2D eigenvalue weighted by molar-refractivity contribution is 0.150. The molecule has 5 heteroatoms. The van der Waals surface area contributed by atoms with Crippen molar-refractivity contribution in [1.82, 2.24) is 10.5 Å². The number of hydrogen-bond donors (Lipinski definition) is 1. The zero-order valence-electron chi connectivity index (χ0n) is 10.1. The maximum atomic E-state index is 11.1. The topological polar surface area (TPSA) is 64.4 Å². The van der Waals surface area contributed by atoms with Gasteiger partial charge in [0, 0.05) is 11.6 Å². The van der Waals surface area contributed by atoms with Gasteiger partial charge in [-0.25, -0.2) is 4.79 Å². The Kier molecular flexibility index (Phi) is 3.96. The van der Waals surface area contributed by atoms with Crippen LogP contribution < -0.4 is 5.32 Å². The summed E-state index contributed by atoms with van der Waals surface area (Å²) in [5, 5.41) is 6.51. The van der Waals surface area contributed by atoms with E-state index in [0.717, 1.165) is 11.3 Å². The van der Waals surface area contributed by atoms with Crippen LogP contribution in [-0.2, 0) is 11.3 Å². The molecule has 0 aliphatic rings. The van der Waals surface area contributed by atoms with E-state index in [0.29, 0.717) is 12.4 Å². The fraction of sp³-hybridized carbons (Fsp3) is 0.231. The molecule has 0 aliphatic carbocycles. The number of amides is 1. The van der Waals surface area contributed by atoms with Crippen LogP contribution in [0.4, 0.5) is 4.79 Å². The third-order valence-corrected chi connectivity index (χ3v) is 2.31. The van der Waals surface area contributed by atoms with Gasteiger partial charge >= 0.3 is 6.09 Å². The number of nitrogens with one attached hydrogen (secondary N) is 1. The Morgan fingerprint density at radius 2 is 2.17 bits per heavy atom. The second kappa shape index (κ2) is 5.86. The average molecular weight is 246 g/mol. The first kappa shape index (κ1) is 12.2. The van der Waals surface area contributed by atoms with Gasteiger partial charge in [0.15, 0.2) is 5.76 Å². The van der Waals surface area contributed by atoms with E-state index in [1.807, 2.05) is 30.3 Å². The second-order valence-corrected chi connectivity index (χ2v) is 3.62. The monoisotopic (exact) mass is 246 g/mol. The highest BCUT2D eigenvalue weighted by atomic mass is 16.5. The summed E-state index contributed by atoms with van der Waals surface area (Å²) in [5.74, 6) is 0.585. The van der Waals surface area contributed by atoms with Crippen LogP contribution in [0.15, 0.2) is 40.9 Å². The first-order chi connectivity index (χ1) is 8.79. The molecule has 0 aliphatic heterocycles. The van der Waals surface area contributed by atoms with Crippen molar-refractivity contribution in [3.8, 4) is 11.3 Å². The molecule has 0 bridgehead atoms. The molecule has 94 valence electrons. The van der Waals surface area contributed by atoms with E-state index in [2.05, 4.69) is 10.5 Å². The predicted molar refractivity (Wildman–Crippen MR) is 65.8 cm³/mol. The van der Waals surface area contributed by atoms with Gasteiger partial charge in [-0.1, -0.05) is 35.5 Å². The number of aromatic nitrogens is 1. The van der Waals surface area contributed by atoms with E-state index in [-0.39, 0.29) is 6.54 Å². The van der Waals surface area contributed by atoms with Crippen molar-refractivity contribution in [3.63, 3.8) is 0 Å². The highest BCUT2D eigenvalue weighted by Gasteiger charge is 2.07. The Labute approximate surface area is 105 Å². The molecule has 1 amide bonds. The van der Waals surface area contributed by atoms with Crippen molar-refractivity contribution in [2.24, 2.45) is 0 Å². The van der Waals surface area contributed by atoms with Gasteiger partial charge in [0.25, 0.3) is 0 Å². The summed E-state index contributed by atoms with van der Waals surface area (Å²) >= 11 is 0. The lowest BCUT2D eigenvalue weighted by atomic mass is 10.1. The van der Waals surface area contributed by atoms with E-state index in [9.17, 15) is 4.79 Å².